The van der Waals surface area contributed by atoms with E-state index in [1.54, 1.807) is 29.7 Å². The third-order valence-electron chi connectivity index (χ3n) is 5.03. The van der Waals surface area contributed by atoms with Gasteiger partial charge in [0.25, 0.3) is 5.91 Å². The Bertz CT molecular complexity index is 791. The minimum atomic E-state index is -0.0353. The zero-order valence-electron chi connectivity index (χ0n) is 14.1. The van der Waals surface area contributed by atoms with Crippen molar-refractivity contribution >= 4 is 23.2 Å². The van der Waals surface area contributed by atoms with Gasteiger partial charge in [-0.3, -0.25) is 14.6 Å². The number of aromatic nitrogens is 2. The lowest BCUT2D eigenvalue weighted by Crippen LogP contribution is -2.52. The first-order valence-corrected chi connectivity index (χ1v) is 9.44. The lowest BCUT2D eigenvalue weighted by Gasteiger charge is -2.39. The Labute approximate surface area is 150 Å². The van der Waals surface area contributed by atoms with Crippen LogP contribution in [0.3, 0.4) is 0 Å². The van der Waals surface area contributed by atoms with Crippen molar-refractivity contribution in [2.75, 3.05) is 6.54 Å². The van der Waals surface area contributed by atoms with Gasteiger partial charge in [-0.05, 0) is 31.9 Å². The normalized spacial score (nSPS) is 23.0. The van der Waals surface area contributed by atoms with Gasteiger partial charge >= 0.3 is 0 Å². The van der Waals surface area contributed by atoms with Crippen molar-refractivity contribution in [3.63, 3.8) is 0 Å². The number of rotatable bonds is 3. The summed E-state index contributed by atoms with van der Waals surface area (Å²) in [6, 6.07) is 5.54. The van der Waals surface area contributed by atoms with Gasteiger partial charge in [-0.15, -0.1) is 11.3 Å². The Morgan fingerprint density at radius 2 is 2.20 bits per heavy atom. The van der Waals surface area contributed by atoms with Crippen molar-refractivity contribution in [2.45, 2.75) is 44.8 Å². The fourth-order valence-electron chi connectivity index (χ4n) is 3.90. The third-order valence-corrected chi connectivity index (χ3v) is 5.85. The second kappa shape index (κ2) is 6.55. The second-order valence-electron chi connectivity index (χ2n) is 6.56. The van der Waals surface area contributed by atoms with Crippen molar-refractivity contribution in [3.8, 4) is 0 Å². The van der Waals surface area contributed by atoms with E-state index >= 15 is 0 Å². The van der Waals surface area contributed by atoms with Crippen LogP contribution in [0, 0.1) is 6.92 Å². The Hall–Kier alpha value is -2.28. The van der Waals surface area contributed by atoms with E-state index in [0.29, 0.717) is 25.2 Å². The first kappa shape index (κ1) is 16.2. The quantitative estimate of drug-likeness (QED) is 0.846. The number of likely N-dealkylation sites (tertiary alicyclic amines) is 2. The van der Waals surface area contributed by atoms with Crippen LogP contribution in [0.4, 0.5) is 0 Å². The van der Waals surface area contributed by atoms with Gasteiger partial charge in [-0.1, -0.05) is 6.07 Å². The van der Waals surface area contributed by atoms with Gasteiger partial charge in [0.05, 0.1) is 29.3 Å². The Balaban J connectivity index is 1.53. The summed E-state index contributed by atoms with van der Waals surface area (Å²) in [7, 11) is 0. The van der Waals surface area contributed by atoms with Crippen LogP contribution in [0.15, 0.2) is 29.8 Å². The number of carbonyl (C=O) groups excluding carboxylic acids is 2. The number of hydrogen-bond donors (Lipinski definition) is 0. The number of fused-ring (bicyclic) bond motifs is 1. The first-order chi connectivity index (χ1) is 12.1. The number of amides is 2. The monoisotopic (exact) mass is 356 g/mol. The van der Waals surface area contributed by atoms with Gasteiger partial charge in [0.15, 0.2) is 0 Å². The lowest BCUT2D eigenvalue weighted by molar-refractivity contribution is -0.138. The van der Waals surface area contributed by atoms with Crippen LogP contribution in [0.25, 0.3) is 0 Å². The van der Waals surface area contributed by atoms with Crippen LogP contribution in [-0.2, 0) is 11.3 Å². The van der Waals surface area contributed by atoms with E-state index < -0.39 is 0 Å². The smallest absolute Gasteiger partial charge is 0.272 e. The van der Waals surface area contributed by atoms with Gasteiger partial charge in [-0.2, -0.15) is 0 Å². The van der Waals surface area contributed by atoms with E-state index in [4.69, 9.17) is 0 Å². The standard InChI is InChI=1S/C18H20N4O2S/c1-12-20-13(11-25-12)10-22-16-7-9-21(15(16)5-6-17(22)23)18(24)14-4-2-3-8-19-14/h2-4,8,11,15-16H,5-7,9-10H2,1H3/t15-,16-/m1/s1. The van der Waals surface area contributed by atoms with Crippen molar-refractivity contribution in [1.82, 2.24) is 19.8 Å². The van der Waals surface area contributed by atoms with Crippen molar-refractivity contribution in [1.29, 1.82) is 0 Å². The molecule has 7 heteroatoms. The maximum atomic E-state index is 12.8. The molecule has 0 N–H and O–H groups in total. The number of carbonyl (C=O) groups is 2. The number of nitrogens with zero attached hydrogens (tertiary/aromatic N) is 4. The van der Waals surface area contributed by atoms with E-state index in [1.807, 2.05) is 28.2 Å². The van der Waals surface area contributed by atoms with Gasteiger partial charge in [0, 0.05) is 24.5 Å². The molecule has 2 amide bonds. The highest BCUT2D eigenvalue weighted by molar-refractivity contribution is 7.09. The van der Waals surface area contributed by atoms with E-state index in [9.17, 15) is 9.59 Å². The molecular formula is C18H20N4O2S. The summed E-state index contributed by atoms with van der Waals surface area (Å²) in [6.45, 7) is 3.18. The molecule has 2 fully saturated rings. The van der Waals surface area contributed by atoms with Gasteiger partial charge in [0.1, 0.15) is 5.69 Å². The highest BCUT2D eigenvalue weighted by Crippen LogP contribution is 2.33. The molecule has 0 radical (unpaired) electrons. The number of pyridine rings is 1. The highest BCUT2D eigenvalue weighted by atomic mass is 32.1. The van der Waals surface area contributed by atoms with Crippen molar-refractivity contribution in [2.24, 2.45) is 0 Å². The van der Waals surface area contributed by atoms with Gasteiger partial charge in [0.2, 0.25) is 5.91 Å². The summed E-state index contributed by atoms with van der Waals surface area (Å²) >= 11 is 1.60. The summed E-state index contributed by atoms with van der Waals surface area (Å²) in [4.78, 5) is 37.8. The average Bonchev–Trinajstić information content (AvgIpc) is 3.24. The van der Waals surface area contributed by atoms with Crippen LogP contribution >= 0.6 is 11.3 Å². The zero-order valence-corrected chi connectivity index (χ0v) is 14.9. The molecule has 4 rings (SSSR count). The van der Waals surface area contributed by atoms with E-state index in [1.165, 1.54) is 0 Å². The Kier molecular flexibility index (Phi) is 4.25. The van der Waals surface area contributed by atoms with Crippen LogP contribution in [0.2, 0.25) is 0 Å². The molecule has 2 aromatic heterocycles. The molecule has 4 heterocycles. The molecule has 2 saturated heterocycles. The Morgan fingerprint density at radius 3 is 2.92 bits per heavy atom. The third kappa shape index (κ3) is 3.04. The summed E-state index contributed by atoms with van der Waals surface area (Å²) in [5, 5.41) is 3.02. The number of piperidine rings is 1. The van der Waals surface area contributed by atoms with E-state index in [2.05, 4.69) is 9.97 Å². The molecule has 2 aromatic rings. The molecule has 0 spiro atoms. The lowest BCUT2D eigenvalue weighted by atomic mass is 9.96. The highest BCUT2D eigenvalue weighted by Gasteiger charge is 2.45. The number of hydrogen-bond acceptors (Lipinski definition) is 5. The predicted octanol–water partition coefficient (Wildman–Crippen LogP) is 2.25. The second-order valence-corrected chi connectivity index (χ2v) is 7.62. The largest absolute Gasteiger partial charge is 0.332 e. The fourth-order valence-corrected chi connectivity index (χ4v) is 4.50. The zero-order chi connectivity index (χ0) is 17.4. The van der Waals surface area contributed by atoms with Crippen molar-refractivity contribution < 1.29 is 9.59 Å². The fraction of sp³-hybridized carbons (Fsp3) is 0.444. The molecule has 6 nitrogen and oxygen atoms in total. The molecule has 0 aromatic carbocycles. The minimum absolute atomic E-state index is 0.0353. The molecule has 0 aliphatic carbocycles. The molecule has 2 aliphatic rings. The predicted molar refractivity (Wildman–Crippen MR) is 94.1 cm³/mol. The van der Waals surface area contributed by atoms with Crippen LogP contribution in [0.5, 0.6) is 0 Å². The summed E-state index contributed by atoms with van der Waals surface area (Å²) in [5.41, 5.74) is 1.41. The molecule has 0 bridgehead atoms. The minimum Gasteiger partial charge on any atom is -0.332 e. The Morgan fingerprint density at radius 1 is 1.32 bits per heavy atom. The van der Waals surface area contributed by atoms with E-state index in [-0.39, 0.29) is 23.9 Å². The summed E-state index contributed by atoms with van der Waals surface area (Å²) in [6.07, 6.45) is 3.67. The van der Waals surface area contributed by atoms with Crippen LogP contribution < -0.4 is 0 Å². The molecule has 130 valence electrons. The molecule has 25 heavy (non-hydrogen) atoms. The average molecular weight is 356 g/mol. The molecule has 2 aliphatic heterocycles. The summed E-state index contributed by atoms with van der Waals surface area (Å²) in [5.74, 6) is 0.130. The maximum Gasteiger partial charge on any atom is 0.272 e. The molecular weight excluding hydrogens is 336 g/mol. The molecule has 0 unspecified atom stereocenters. The SMILES string of the molecule is Cc1nc(CN2C(=O)CC[C@@H]3[C@H]2CCN3C(=O)c2ccccn2)cs1. The summed E-state index contributed by atoms with van der Waals surface area (Å²) < 4.78 is 0. The van der Waals surface area contributed by atoms with E-state index in [0.717, 1.165) is 23.5 Å². The topological polar surface area (TPSA) is 66.4 Å². The molecule has 2 atom stereocenters. The van der Waals surface area contributed by atoms with Crippen LogP contribution in [-0.4, -0.2) is 50.2 Å². The van der Waals surface area contributed by atoms with Gasteiger partial charge < -0.3 is 9.80 Å². The number of aryl methyl sites for hydroxylation is 1. The maximum absolute atomic E-state index is 12.8. The van der Waals surface area contributed by atoms with Gasteiger partial charge in [-0.25, -0.2) is 4.98 Å². The van der Waals surface area contributed by atoms with Crippen LogP contribution in [0.1, 0.15) is 40.5 Å². The first-order valence-electron chi connectivity index (χ1n) is 8.56. The number of thiazole rings is 1. The van der Waals surface area contributed by atoms with Crippen molar-refractivity contribution in [3.05, 3.63) is 46.2 Å². The molecule has 0 saturated carbocycles.